The normalized spacial score (nSPS) is 16.3. The molecule has 57 heavy (non-hydrogen) atoms. The van der Waals surface area contributed by atoms with Crippen molar-refractivity contribution in [3.05, 3.63) is 81.1 Å². The molecule has 3 aliphatic rings. The third kappa shape index (κ3) is 10.7. The molecule has 0 bridgehead atoms. The second-order valence-electron chi connectivity index (χ2n) is 13.8. The molecule has 1 saturated heterocycles. The number of halogens is 4. The highest BCUT2D eigenvalue weighted by molar-refractivity contribution is 7.92. The first-order valence-electron chi connectivity index (χ1n) is 17.8. The highest BCUT2D eigenvalue weighted by Gasteiger charge is 2.39. The number of sulfonamides is 1. The summed E-state index contributed by atoms with van der Waals surface area (Å²) in [6.45, 7) is 0.423. The Hall–Kier alpha value is -4.62. The van der Waals surface area contributed by atoms with Gasteiger partial charge in [-0.15, -0.1) is 0 Å². The molecule has 0 unspecified atom stereocenters. The van der Waals surface area contributed by atoms with Gasteiger partial charge in [0.05, 0.1) is 29.7 Å². The van der Waals surface area contributed by atoms with Gasteiger partial charge in [0.15, 0.2) is 23.9 Å². The van der Waals surface area contributed by atoms with Crippen LogP contribution in [-0.2, 0) is 30.8 Å². The number of aromatic amines is 1. The van der Waals surface area contributed by atoms with Gasteiger partial charge >= 0.3 is 12.6 Å². The largest absolute Gasteiger partial charge is 0.870 e. The molecular weight excluding hydrogens is 815 g/mol. The van der Waals surface area contributed by atoms with Crippen LogP contribution in [0.3, 0.4) is 0 Å². The number of hydrogen-bond donors (Lipinski definition) is 0. The fraction of sp³-hybridized carbons (Fsp3) is 0.432. The van der Waals surface area contributed by atoms with E-state index in [2.05, 4.69) is 9.72 Å². The Morgan fingerprint density at radius 3 is 2.25 bits per heavy atom. The van der Waals surface area contributed by atoms with Crippen molar-refractivity contribution in [1.82, 2.24) is 14.7 Å². The summed E-state index contributed by atoms with van der Waals surface area (Å²) in [5.41, 5.74) is 0.738. The lowest BCUT2D eigenvalue weighted by Gasteiger charge is -2.35. The molecule has 3 heterocycles. The summed E-state index contributed by atoms with van der Waals surface area (Å²) < 4.78 is 69.8. The quantitative estimate of drug-likeness (QED) is 0.149. The summed E-state index contributed by atoms with van der Waals surface area (Å²) in [4.78, 5) is 59.7. The first-order valence-corrected chi connectivity index (χ1v) is 20.4. The summed E-state index contributed by atoms with van der Waals surface area (Å²) in [7, 11) is -3.83. The molecule has 2 fully saturated rings. The van der Waals surface area contributed by atoms with E-state index in [0.717, 1.165) is 23.4 Å². The van der Waals surface area contributed by atoms with E-state index < -0.39 is 47.1 Å². The number of ether oxygens (including phenoxy) is 3. The number of hydrogen-bond acceptors (Lipinski definition) is 11. The lowest BCUT2D eigenvalue weighted by molar-refractivity contribution is -0.377. The molecule has 2 aliphatic heterocycles. The van der Waals surface area contributed by atoms with E-state index in [9.17, 15) is 36.4 Å². The van der Waals surface area contributed by atoms with Crippen LogP contribution in [-0.4, -0.2) is 118 Å². The summed E-state index contributed by atoms with van der Waals surface area (Å²) >= 11 is 12.9. The van der Waals surface area contributed by atoms with E-state index >= 15 is 0 Å². The number of piperazine rings is 1. The molecule has 6 rings (SSSR count). The molecule has 1 saturated carbocycles. The first kappa shape index (κ1) is 43.5. The summed E-state index contributed by atoms with van der Waals surface area (Å²) in [5.74, 6) is -2.57. The topological polar surface area (TPSA) is 187 Å². The second-order valence-corrected chi connectivity index (χ2v) is 16.5. The summed E-state index contributed by atoms with van der Waals surface area (Å²) in [6, 6.07) is 8.17. The Bertz CT molecular complexity index is 2100. The molecule has 2 aromatic carbocycles. The maximum atomic E-state index is 13.7. The Kier molecular flexibility index (Phi) is 14.0. The average molecular weight is 857 g/mol. The van der Waals surface area contributed by atoms with Gasteiger partial charge in [0.25, 0.3) is 11.8 Å². The third-order valence-corrected chi connectivity index (χ3v) is 11.6. The smallest absolute Gasteiger partial charge is 0.387 e. The average Bonchev–Trinajstić information content (AvgIpc) is 3.95. The van der Waals surface area contributed by atoms with Crippen LogP contribution in [0.25, 0.3) is 0 Å². The van der Waals surface area contributed by atoms with Gasteiger partial charge < -0.3 is 24.6 Å². The van der Waals surface area contributed by atoms with E-state index in [0.29, 0.717) is 48.8 Å². The number of nitrogens with zero attached hydrogens (tertiary/aromatic N) is 4. The number of carbonyl (C=O) groups excluding carboxylic acids is 4. The number of amides is 3. The van der Waals surface area contributed by atoms with Crippen molar-refractivity contribution >= 4 is 62.6 Å². The van der Waals surface area contributed by atoms with Crippen molar-refractivity contribution in [2.45, 2.75) is 38.9 Å². The molecule has 20 heteroatoms. The van der Waals surface area contributed by atoms with E-state index in [1.165, 1.54) is 55.7 Å². The number of nitrogens with one attached hydrogen (secondary N) is 1. The summed E-state index contributed by atoms with van der Waals surface area (Å²) in [6.07, 6.45) is 4.61. The summed E-state index contributed by atoms with van der Waals surface area (Å²) in [5, 5.41) is 0.438. The van der Waals surface area contributed by atoms with Crippen LogP contribution in [0.5, 0.6) is 11.5 Å². The Morgan fingerprint density at radius 2 is 1.63 bits per heavy atom. The Labute approximate surface area is 337 Å². The molecule has 1 aromatic heterocycles. The van der Waals surface area contributed by atoms with Crippen LogP contribution in [0.15, 0.2) is 48.8 Å². The van der Waals surface area contributed by atoms with E-state index in [4.69, 9.17) is 32.7 Å². The van der Waals surface area contributed by atoms with E-state index in [1.54, 1.807) is 4.90 Å². The van der Waals surface area contributed by atoms with Crippen molar-refractivity contribution in [2.75, 3.05) is 63.0 Å². The third-order valence-electron chi connectivity index (χ3n) is 9.75. The van der Waals surface area contributed by atoms with Gasteiger partial charge in [-0.1, -0.05) is 29.3 Å². The molecule has 1 atom stereocenters. The maximum Gasteiger partial charge on any atom is 0.387 e. The minimum Gasteiger partial charge on any atom is -0.870 e. The number of aromatic nitrogens is 1. The second kappa shape index (κ2) is 18.3. The van der Waals surface area contributed by atoms with Gasteiger partial charge in [0.2, 0.25) is 15.9 Å². The fourth-order valence-corrected chi connectivity index (χ4v) is 7.96. The molecule has 3 amide bonds. The van der Waals surface area contributed by atoms with Gasteiger partial charge in [-0.2, -0.15) is 8.78 Å². The number of benzene rings is 2. The molecule has 1 aliphatic carbocycles. The molecule has 308 valence electrons. The van der Waals surface area contributed by atoms with Crippen LogP contribution < -0.4 is 18.8 Å². The highest BCUT2D eigenvalue weighted by atomic mass is 35.5. The Balaban J connectivity index is 0.00000620. The van der Waals surface area contributed by atoms with Crippen LogP contribution in [0.2, 0.25) is 10.0 Å². The zero-order chi connectivity index (χ0) is 40.3. The zero-order valence-corrected chi connectivity index (χ0v) is 33.3. The van der Waals surface area contributed by atoms with Crippen LogP contribution >= 0.6 is 23.2 Å². The van der Waals surface area contributed by atoms with Crippen molar-refractivity contribution < 1.29 is 61.0 Å². The fourth-order valence-electron chi connectivity index (χ4n) is 6.51. The molecular formula is C37H41Cl2F2N5O10S. The molecule has 2 N–H and O–H groups in total. The number of pyridine rings is 1. The van der Waals surface area contributed by atoms with Crippen molar-refractivity contribution in [3.63, 3.8) is 0 Å². The van der Waals surface area contributed by atoms with Gasteiger partial charge in [-0.25, -0.2) is 13.4 Å². The molecule has 15 nitrogen and oxygen atoms in total. The van der Waals surface area contributed by atoms with Gasteiger partial charge in [-0.05, 0) is 54.7 Å². The predicted molar refractivity (Wildman–Crippen MR) is 201 cm³/mol. The van der Waals surface area contributed by atoms with Crippen molar-refractivity contribution in [3.8, 4) is 11.5 Å². The van der Waals surface area contributed by atoms with E-state index in [1.807, 2.05) is 4.90 Å². The van der Waals surface area contributed by atoms with Crippen LogP contribution in [0.4, 0.5) is 14.5 Å². The van der Waals surface area contributed by atoms with Gasteiger partial charge in [-0.3, -0.25) is 33.3 Å². The van der Waals surface area contributed by atoms with Crippen molar-refractivity contribution in [1.29, 1.82) is 0 Å². The number of anilines is 1. The molecule has 0 radical (unpaired) electrons. The number of imide groups is 1. The standard InChI is InChI=1S/C37H39Cl2F2N5O9S.H2O/c1-22(47)44-12-9-43(10-13-44)11-14-46(56(2,51)52)25-6-7-26-27(16-25)36(50)45(35(26)49)20-34(48)54-32(17-28-29(38)18-42-19-30(28)39)24-5-8-31(55-37(40)41)33(15-24)53-21-23-3-4-23;/h5-8,15-16,18-19,23,32,37H,3-4,9-14,17,20-21H2,1-2H3;1H2/t32-;/m0./s1. The van der Waals surface area contributed by atoms with Gasteiger partial charge in [0.1, 0.15) is 22.7 Å². The first-order chi connectivity index (χ1) is 26.6. The predicted octanol–water partition coefficient (Wildman–Crippen LogP) is 4.07. The number of esters is 1. The number of fused-ring (bicyclic) bond motifs is 1. The molecule has 0 spiro atoms. The lowest BCUT2D eigenvalue weighted by Crippen LogP contribution is -2.50. The van der Waals surface area contributed by atoms with Crippen LogP contribution in [0.1, 0.15) is 57.7 Å². The maximum absolute atomic E-state index is 13.7. The lowest BCUT2D eigenvalue weighted by atomic mass is 10.0. The number of H-pyrrole nitrogens is 1. The van der Waals surface area contributed by atoms with Crippen molar-refractivity contribution in [2.24, 2.45) is 5.92 Å². The molecule has 3 aromatic rings. The SMILES string of the molecule is CC(=O)N1CCN(CCN(c2ccc3c(c2)C(=O)N(CC(=O)O[C@@H](Cc2c(Cl)c[nH+]cc2Cl)c2ccc(OC(F)F)c(OCC4CC4)c2)C3=O)S(C)(=O)=O)CC1.[OH-]. The minimum atomic E-state index is -3.83. The monoisotopic (exact) mass is 855 g/mol. The number of carbonyl (C=O) groups is 4. The Morgan fingerprint density at radius 1 is 0.965 bits per heavy atom. The number of alkyl halides is 2. The minimum absolute atomic E-state index is 0. The van der Waals surface area contributed by atoms with Gasteiger partial charge in [0, 0.05) is 58.2 Å². The van der Waals surface area contributed by atoms with Crippen LogP contribution in [0, 0.1) is 5.92 Å². The number of rotatable bonds is 16. The highest BCUT2D eigenvalue weighted by Crippen LogP contribution is 2.38. The zero-order valence-electron chi connectivity index (χ0n) is 31.0. The van der Waals surface area contributed by atoms with E-state index in [-0.39, 0.29) is 75.2 Å².